The molecule has 8 nitrogen and oxygen atoms in total. The van der Waals surface area contributed by atoms with Crippen LogP contribution in [0.5, 0.6) is 17.2 Å². The van der Waals surface area contributed by atoms with Crippen molar-refractivity contribution in [3.63, 3.8) is 0 Å². The van der Waals surface area contributed by atoms with E-state index in [-0.39, 0.29) is 6.61 Å². The third kappa shape index (κ3) is 4.92. The maximum absolute atomic E-state index is 12.7. The van der Waals surface area contributed by atoms with Crippen LogP contribution in [0.25, 0.3) is 10.9 Å². The highest BCUT2D eigenvalue weighted by Gasteiger charge is 2.15. The maximum atomic E-state index is 12.7. The second-order valence-electron chi connectivity index (χ2n) is 7.12. The molecule has 0 unspecified atom stereocenters. The number of aromatic amines is 1. The van der Waals surface area contributed by atoms with Gasteiger partial charge in [0.1, 0.15) is 6.61 Å². The molecule has 3 aromatic carbocycles. The Balaban J connectivity index is 1.66. The molecule has 0 radical (unpaired) electrons. The first-order valence-corrected chi connectivity index (χ1v) is 11.6. The zero-order chi connectivity index (χ0) is 24.2. The Labute approximate surface area is 211 Å². The number of hydrogen-bond acceptors (Lipinski definition) is 6. The van der Waals surface area contributed by atoms with E-state index >= 15 is 0 Å². The smallest absolute Gasteiger partial charge is 0.349 e. The van der Waals surface area contributed by atoms with Gasteiger partial charge in [-0.25, -0.2) is 4.79 Å². The van der Waals surface area contributed by atoms with Crippen LogP contribution >= 0.6 is 31.9 Å². The van der Waals surface area contributed by atoms with Gasteiger partial charge in [0.05, 0.1) is 31.3 Å². The summed E-state index contributed by atoms with van der Waals surface area (Å²) in [5.41, 5.74) is 0.776. The van der Waals surface area contributed by atoms with Crippen molar-refractivity contribution in [1.29, 1.82) is 0 Å². The minimum atomic E-state index is -0.640. The fourth-order valence-corrected chi connectivity index (χ4v) is 4.45. The lowest BCUT2D eigenvalue weighted by Gasteiger charge is -2.16. The summed E-state index contributed by atoms with van der Waals surface area (Å²) < 4.78 is 19.6. The van der Waals surface area contributed by atoms with Gasteiger partial charge in [0.15, 0.2) is 11.5 Å². The van der Waals surface area contributed by atoms with Gasteiger partial charge in [-0.1, -0.05) is 50.1 Å². The number of nitrogens with zero attached hydrogens (tertiary/aromatic N) is 2. The number of aromatic nitrogens is 2. The van der Waals surface area contributed by atoms with Gasteiger partial charge >= 0.3 is 5.69 Å². The van der Waals surface area contributed by atoms with Crippen molar-refractivity contribution in [2.45, 2.75) is 6.61 Å². The van der Waals surface area contributed by atoms with Gasteiger partial charge in [0.2, 0.25) is 5.75 Å². The number of benzene rings is 3. The first-order valence-electron chi connectivity index (χ1n) is 10.0. The number of fused-ring (bicyclic) bond motifs is 1. The van der Waals surface area contributed by atoms with Crippen molar-refractivity contribution in [1.82, 2.24) is 9.66 Å². The molecule has 0 atom stereocenters. The highest BCUT2D eigenvalue weighted by atomic mass is 79.9. The average molecular weight is 589 g/mol. The number of rotatable bonds is 7. The second-order valence-corrected chi connectivity index (χ2v) is 8.89. The summed E-state index contributed by atoms with van der Waals surface area (Å²) in [7, 11) is 3.02. The maximum Gasteiger partial charge on any atom is 0.349 e. The summed E-state index contributed by atoms with van der Waals surface area (Å²) in [4.78, 5) is 27.7. The SMILES string of the molecule is COc1cc(C=Nn2c(=O)[nH]c3ccccc3c2=O)cc(OC)c1OCc1ccc(Br)cc1Br. The molecular weight excluding hydrogens is 570 g/mol. The fourth-order valence-electron chi connectivity index (χ4n) is 3.29. The van der Waals surface area contributed by atoms with Crippen molar-refractivity contribution in [3.8, 4) is 17.2 Å². The Morgan fingerprint density at radius 1 is 1.00 bits per heavy atom. The molecular formula is C24H19Br2N3O5. The Morgan fingerprint density at radius 2 is 1.71 bits per heavy atom. The number of para-hydroxylation sites is 1. The predicted molar refractivity (Wildman–Crippen MR) is 138 cm³/mol. The molecule has 10 heteroatoms. The van der Waals surface area contributed by atoms with E-state index in [0.29, 0.717) is 33.7 Å². The van der Waals surface area contributed by atoms with E-state index in [1.54, 1.807) is 36.4 Å². The lowest BCUT2D eigenvalue weighted by molar-refractivity contribution is 0.265. The number of H-pyrrole nitrogens is 1. The van der Waals surface area contributed by atoms with Gasteiger partial charge in [0.25, 0.3) is 5.56 Å². The monoisotopic (exact) mass is 587 g/mol. The quantitative estimate of drug-likeness (QED) is 0.316. The predicted octanol–water partition coefficient (Wildman–Crippen LogP) is 4.69. The lowest BCUT2D eigenvalue weighted by Crippen LogP contribution is -2.32. The van der Waals surface area contributed by atoms with Crippen LogP contribution in [0.3, 0.4) is 0 Å². The molecule has 1 heterocycles. The van der Waals surface area contributed by atoms with Crippen molar-refractivity contribution >= 4 is 49.0 Å². The molecule has 174 valence electrons. The van der Waals surface area contributed by atoms with E-state index in [1.165, 1.54) is 20.4 Å². The normalized spacial score (nSPS) is 11.2. The summed E-state index contributed by atoms with van der Waals surface area (Å²) in [6.07, 6.45) is 1.38. The zero-order valence-electron chi connectivity index (χ0n) is 18.2. The molecule has 0 spiro atoms. The van der Waals surface area contributed by atoms with Crippen molar-refractivity contribution in [2.75, 3.05) is 14.2 Å². The van der Waals surface area contributed by atoms with E-state index in [1.807, 2.05) is 18.2 Å². The number of nitrogens with one attached hydrogen (secondary N) is 1. The molecule has 0 amide bonds. The first kappa shape index (κ1) is 23.8. The number of ether oxygens (including phenoxy) is 3. The van der Waals surface area contributed by atoms with Crippen LogP contribution in [0.4, 0.5) is 0 Å². The van der Waals surface area contributed by atoms with Gasteiger partial charge in [-0.2, -0.15) is 5.10 Å². The van der Waals surface area contributed by atoms with Crippen LogP contribution in [0, 0.1) is 0 Å². The molecule has 34 heavy (non-hydrogen) atoms. The lowest BCUT2D eigenvalue weighted by atomic mass is 10.2. The molecule has 0 aliphatic carbocycles. The standard InChI is InChI=1S/C24H19Br2N3O5/c1-32-20-9-14(12-27-29-23(30)17-5-3-4-6-19(17)28-24(29)31)10-21(33-2)22(20)34-13-15-7-8-16(25)11-18(15)26/h3-12H,13H2,1-2H3,(H,28,31). The van der Waals surface area contributed by atoms with Crippen LogP contribution in [-0.4, -0.2) is 30.1 Å². The van der Waals surface area contributed by atoms with Gasteiger partial charge < -0.3 is 19.2 Å². The van der Waals surface area contributed by atoms with Crippen molar-refractivity contribution in [3.05, 3.63) is 95.5 Å². The van der Waals surface area contributed by atoms with E-state index in [0.717, 1.165) is 19.2 Å². The fraction of sp³-hybridized carbons (Fsp3) is 0.125. The third-order valence-electron chi connectivity index (χ3n) is 4.98. The summed E-state index contributed by atoms with van der Waals surface area (Å²) >= 11 is 6.96. The first-order chi connectivity index (χ1) is 16.4. The van der Waals surface area contributed by atoms with Crippen LogP contribution in [0.2, 0.25) is 0 Å². The molecule has 0 aliphatic rings. The average Bonchev–Trinajstić information content (AvgIpc) is 2.83. The van der Waals surface area contributed by atoms with E-state index in [9.17, 15) is 9.59 Å². The zero-order valence-corrected chi connectivity index (χ0v) is 21.3. The van der Waals surface area contributed by atoms with Gasteiger partial charge in [-0.15, -0.1) is 4.68 Å². The minimum absolute atomic E-state index is 0.274. The van der Waals surface area contributed by atoms with E-state index in [4.69, 9.17) is 14.2 Å². The molecule has 0 saturated carbocycles. The Morgan fingerprint density at radius 3 is 2.38 bits per heavy atom. The summed E-state index contributed by atoms with van der Waals surface area (Å²) in [5.74, 6) is 1.24. The number of methoxy groups -OCH3 is 2. The van der Waals surface area contributed by atoms with Gasteiger partial charge in [-0.05, 0) is 36.4 Å². The highest BCUT2D eigenvalue weighted by molar-refractivity contribution is 9.11. The van der Waals surface area contributed by atoms with Crippen LogP contribution < -0.4 is 25.5 Å². The molecule has 4 rings (SSSR count). The minimum Gasteiger partial charge on any atom is -0.493 e. The molecule has 0 bridgehead atoms. The van der Waals surface area contributed by atoms with Crippen LogP contribution in [0.1, 0.15) is 11.1 Å². The van der Waals surface area contributed by atoms with Crippen LogP contribution in [0.15, 0.2) is 78.2 Å². The Bertz CT molecular complexity index is 1490. The van der Waals surface area contributed by atoms with E-state index < -0.39 is 11.2 Å². The van der Waals surface area contributed by atoms with Gasteiger partial charge in [0, 0.05) is 20.1 Å². The highest BCUT2D eigenvalue weighted by Crippen LogP contribution is 2.39. The molecule has 1 N–H and O–H groups in total. The second kappa shape index (κ2) is 10.3. The third-order valence-corrected chi connectivity index (χ3v) is 6.21. The largest absolute Gasteiger partial charge is 0.493 e. The summed E-state index contributed by atoms with van der Waals surface area (Å²) in [5, 5.41) is 4.45. The molecule has 0 fully saturated rings. The Kier molecular flexibility index (Phi) is 7.18. The summed E-state index contributed by atoms with van der Waals surface area (Å²) in [6, 6.07) is 15.9. The van der Waals surface area contributed by atoms with Crippen molar-refractivity contribution in [2.24, 2.45) is 5.10 Å². The summed E-state index contributed by atoms with van der Waals surface area (Å²) in [6.45, 7) is 0.274. The molecule has 1 aromatic heterocycles. The van der Waals surface area contributed by atoms with Crippen molar-refractivity contribution < 1.29 is 14.2 Å². The Hall–Kier alpha value is -3.37. The molecule has 0 saturated heterocycles. The molecule has 0 aliphatic heterocycles. The molecule has 4 aromatic rings. The van der Waals surface area contributed by atoms with Crippen LogP contribution in [-0.2, 0) is 6.61 Å². The number of hydrogen-bond donors (Lipinski definition) is 1. The number of halogens is 2. The van der Waals surface area contributed by atoms with Gasteiger partial charge in [-0.3, -0.25) is 4.79 Å². The topological polar surface area (TPSA) is 94.9 Å². The van der Waals surface area contributed by atoms with E-state index in [2.05, 4.69) is 41.9 Å².